The molecule has 0 fully saturated rings. The van der Waals surface area contributed by atoms with E-state index in [2.05, 4.69) is 17.6 Å². The molecular weight excluding hydrogens is 530 g/mol. The monoisotopic (exact) mass is 575 g/mol. The van der Waals surface area contributed by atoms with E-state index in [1.807, 2.05) is 74.5 Å². The minimum Gasteiger partial charge on any atom is -0.444 e. The Morgan fingerprint density at radius 2 is 1.64 bits per heavy atom. The number of aliphatic hydroxyl groups excluding tert-OH is 1. The van der Waals surface area contributed by atoms with Crippen LogP contribution in [0.25, 0.3) is 10.8 Å². The van der Waals surface area contributed by atoms with Crippen LogP contribution >= 0.6 is 0 Å². The van der Waals surface area contributed by atoms with Crippen LogP contribution in [0, 0.1) is 13.8 Å². The summed E-state index contributed by atoms with van der Waals surface area (Å²) in [7, 11) is 0. The fraction of sp³-hybridized carbons (Fsp3) is 0.441. The number of hydrogen-bond donors (Lipinski definition) is 3. The SMILES string of the molecule is CCCCCCN(C(=O)C(CO)NC(=O)OC(C)(C)C)C(C(=O)Nc1ccc2ccccc2c1)c1ccc(C)cc1C. The predicted molar refractivity (Wildman–Crippen MR) is 167 cm³/mol. The summed E-state index contributed by atoms with van der Waals surface area (Å²) in [5.41, 5.74) is 2.40. The number of anilines is 1. The number of carbonyl (C=O) groups is 3. The van der Waals surface area contributed by atoms with Gasteiger partial charge in [0.15, 0.2) is 0 Å². The van der Waals surface area contributed by atoms with Crippen LogP contribution in [-0.2, 0) is 14.3 Å². The number of unbranched alkanes of at least 4 members (excludes halogenated alkanes) is 3. The molecule has 0 aliphatic carbocycles. The zero-order valence-corrected chi connectivity index (χ0v) is 25.7. The maximum atomic E-state index is 14.2. The first kappa shape index (κ1) is 32.6. The first-order valence-electron chi connectivity index (χ1n) is 14.7. The fourth-order valence-corrected chi connectivity index (χ4v) is 4.97. The molecule has 226 valence electrons. The number of nitrogens with one attached hydrogen (secondary N) is 2. The maximum absolute atomic E-state index is 14.2. The van der Waals surface area contributed by atoms with Gasteiger partial charge in [-0.3, -0.25) is 9.59 Å². The molecular formula is C34H45N3O5. The van der Waals surface area contributed by atoms with Gasteiger partial charge in [0.25, 0.3) is 5.91 Å². The number of fused-ring (bicyclic) bond motifs is 1. The Labute approximate surface area is 249 Å². The normalized spacial score (nSPS) is 12.8. The second-order valence-electron chi connectivity index (χ2n) is 11.8. The van der Waals surface area contributed by atoms with E-state index >= 15 is 0 Å². The molecule has 42 heavy (non-hydrogen) atoms. The molecule has 8 nitrogen and oxygen atoms in total. The van der Waals surface area contributed by atoms with Gasteiger partial charge >= 0.3 is 6.09 Å². The van der Waals surface area contributed by atoms with Gasteiger partial charge in [0.2, 0.25) is 5.91 Å². The molecule has 0 bridgehead atoms. The molecule has 3 N–H and O–H groups in total. The van der Waals surface area contributed by atoms with Crippen molar-refractivity contribution in [1.29, 1.82) is 0 Å². The molecule has 8 heteroatoms. The van der Waals surface area contributed by atoms with Gasteiger partial charge in [-0.2, -0.15) is 0 Å². The molecule has 0 saturated heterocycles. The predicted octanol–water partition coefficient (Wildman–Crippen LogP) is 6.43. The number of aliphatic hydroxyl groups is 1. The fourth-order valence-electron chi connectivity index (χ4n) is 4.97. The molecule has 3 aromatic rings. The van der Waals surface area contributed by atoms with Gasteiger partial charge in [-0.1, -0.05) is 80.3 Å². The molecule has 0 spiro atoms. The smallest absolute Gasteiger partial charge is 0.408 e. The highest BCUT2D eigenvalue weighted by atomic mass is 16.6. The van der Waals surface area contributed by atoms with Crippen molar-refractivity contribution in [3.63, 3.8) is 0 Å². The van der Waals surface area contributed by atoms with Crippen LogP contribution in [0.15, 0.2) is 60.7 Å². The molecule has 3 rings (SSSR count). The van der Waals surface area contributed by atoms with E-state index in [1.54, 1.807) is 20.8 Å². The Balaban J connectivity index is 2.02. The lowest BCUT2D eigenvalue weighted by Crippen LogP contribution is -2.54. The lowest BCUT2D eigenvalue weighted by molar-refractivity contribution is -0.141. The second-order valence-corrected chi connectivity index (χ2v) is 11.8. The maximum Gasteiger partial charge on any atom is 0.408 e. The zero-order valence-electron chi connectivity index (χ0n) is 25.7. The van der Waals surface area contributed by atoms with Gasteiger partial charge in [-0.15, -0.1) is 0 Å². The summed E-state index contributed by atoms with van der Waals surface area (Å²) < 4.78 is 5.34. The summed E-state index contributed by atoms with van der Waals surface area (Å²) in [6.45, 7) is 10.8. The third-order valence-electron chi connectivity index (χ3n) is 7.00. The standard InChI is InChI=1S/C34H45N3O5/c1-7-8-9-12-19-37(32(40)29(22-38)36-33(41)42-34(4,5)6)30(28-18-15-23(2)20-24(28)3)31(39)35-27-17-16-25-13-10-11-14-26(25)21-27/h10-11,13-18,20-21,29-30,38H,7-9,12,19,22H2,1-6H3,(H,35,39)(H,36,41). The van der Waals surface area contributed by atoms with Crippen LogP contribution in [0.2, 0.25) is 0 Å². The van der Waals surface area contributed by atoms with Crippen molar-refractivity contribution in [3.05, 3.63) is 77.4 Å². The highest BCUT2D eigenvalue weighted by Gasteiger charge is 2.36. The van der Waals surface area contributed by atoms with Gasteiger partial charge < -0.3 is 25.4 Å². The Morgan fingerprint density at radius 1 is 0.929 bits per heavy atom. The van der Waals surface area contributed by atoms with Crippen LogP contribution in [0.1, 0.15) is 76.1 Å². The van der Waals surface area contributed by atoms with Gasteiger partial charge in [-0.05, 0) is 75.1 Å². The number of benzene rings is 3. The Hall–Kier alpha value is -3.91. The number of alkyl carbamates (subject to hydrolysis) is 1. The molecule has 2 atom stereocenters. The quantitative estimate of drug-likeness (QED) is 0.216. The van der Waals surface area contributed by atoms with Crippen molar-refractivity contribution >= 4 is 34.4 Å². The zero-order chi connectivity index (χ0) is 30.9. The van der Waals surface area contributed by atoms with Gasteiger partial charge in [0.1, 0.15) is 17.7 Å². The molecule has 0 saturated carbocycles. The first-order chi connectivity index (χ1) is 19.9. The molecule has 0 radical (unpaired) electrons. The van der Waals surface area contributed by atoms with Crippen molar-refractivity contribution < 1.29 is 24.2 Å². The Morgan fingerprint density at radius 3 is 2.29 bits per heavy atom. The van der Waals surface area contributed by atoms with E-state index in [9.17, 15) is 19.5 Å². The molecule has 2 unspecified atom stereocenters. The number of nitrogens with zero attached hydrogens (tertiary/aromatic N) is 1. The summed E-state index contributed by atoms with van der Waals surface area (Å²) in [5.74, 6) is -0.937. The van der Waals surface area contributed by atoms with Crippen molar-refractivity contribution in [3.8, 4) is 0 Å². The highest BCUT2D eigenvalue weighted by molar-refractivity contribution is 6.00. The highest BCUT2D eigenvalue weighted by Crippen LogP contribution is 2.29. The van der Waals surface area contributed by atoms with Gasteiger partial charge in [-0.25, -0.2) is 4.79 Å². The summed E-state index contributed by atoms with van der Waals surface area (Å²) in [4.78, 5) is 42.3. The topological polar surface area (TPSA) is 108 Å². The molecule has 3 aromatic carbocycles. The van der Waals surface area contributed by atoms with Crippen LogP contribution in [0.4, 0.5) is 10.5 Å². The second kappa shape index (κ2) is 14.8. The lowest BCUT2D eigenvalue weighted by Gasteiger charge is -2.35. The summed E-state index contributed by atoms with van der Waals surface area (Å²) in [6.07, 6.45) is 2.71. The minimum atomic E-state index is -1.28. The van der Waals surface area contributed by atoms with Crippen LogP contribution < -0.4 is 10.6 Å². The largest absolute Gasteiger partial charge is 0.444 e. The number of ether oxygens (including phenoxy) is 1. The van der Waals surface area contributed by atoms with Crippen LogP contribution in [-0.4, -0.2) is 52.7 Å². The van der Waals surface area contributed by atoms with E-state index in [0.29, 0.717) is 17.7 Å². The molecule has 3 amide bonds. The Kier molecular flexibility index (Phi) is 11.5. The van der Waals surface area contributed by atoms with Crippen molar-refractivity contribution in [2.45, 2.75) is 84.9 Å². The van der Waals surface area contributed by atoms with Crippen molar-refractivity contribution in [2.75, 3.05) is 18.5 Å². The van der Waals surface area contributed by atoms with Gasteiger partial charge in [0.05, 0.1) is 6.61 Å². The summed E-state index contributed by atoms with van der Waals surface area (Å²) in [5, 5.41) is 17.8. The van der Waals surface area contributed by atoms with Crippen LogP contribution in [0.3, 0.4) is 0 Å². The first-order valence-corrected chi connectivity index (χ1v) is 14.7. The lowest BCUT2D eigenvalue weighted by atomic mass is 9.96. The van der Waals surface area contributed by atoms with Crippen molar-refractivity contribution in [1.82, 2.24) is 10.2 Å². The van der Waals surface area contributed by atoms with E-state index in [4.69, 9.17) is 4.74 Å². The Bertz CT molecular complexity index is 1380. The van der Waals surface area contributed by atoms with Crippen molar-refractivity contribution in [2.24, 2.45) is 0 Å². The van der Waals surface area contributed by atoms with E-state index < -0.39 is 36.3 Å². The third-order valence-corrected chi connectivity index (χ3v) is 7.00. The summed E-state index contributed by atoms with van der Waals surface area (Å²) >= 11 is 0. The van der Waals surface area contributed by atoms with E-state index in [0.717, 1.165) is 41.2 Å². The number of carbonyl (C=O) groups excluding carboxylic acids is 3. The average molecular weight is 576 g/mol. The minimum absolute atomic E-state index is 0.272. The average Bonchev–Trinajstić information content (AvgIpc) is 2.92. The van der Waals surface area contributed by atoms with Gasteiger partial charge in [0, 0.05) is 12.2 Å². The molecule has 0 aliphatic rings. The number of rotatable bonds is 12. The number of amides is 3. The molecule has 0 aliphatic heterocycles. The van der Waals surface area contributed by atoms with E-state index in [-0.39, 0.29) is 12.5 Å². The third kappa shape index (κ3) is 9.05. The molecule has 0 aromatic heterocycles. The number of hydrogen-bond acceptors (Lipinski definition) is 5. The summed E-state index contributed by atoms with van der Waals surface area (Å²) in [6, 6.07) is 17.1. The van der Waals surface area contributed by atoms with E-state index in [1.165, 1.54) is 4.90 Å². The van der Waals surface area contributed by atoms with Crippen LogP contribution in [0.5, 0.6) is 0 Å². The number of aryl methyl sites for hydroxylation is 2. The molecule has 0 heterocycles.